The van der Waals surface area contributed by atoms with Crippen LogP contribution in [0, 0.1) is 6.92 Å². The van der Waals surface area contributed by atoms with Gasteiger partial charge in [-0.25, -0.2) is 0 Å². The first-order valence-corrected chi connectivity index (χ1v) is 6.06. The van der Waals surface area contributed by atoms with Crippen molar-refractivity contribution >= 4 is 17.6 Å². The first kappa shape index (κ1) is 15.0. The highest BCUT2D eigenvalue weighted by Crippen LogP contribution is 2.24. The van der Waals surface area contributed by atoms with Crippen LogP contribution in [0.4, 0.5) is 5.69 Å². The molecule has 1 aromatic carbocycles. The standard InChI is InChI=1S/C14H19NO4/c1-5-19-12-7-6-11(8-10(12)2)15(3)13(16)9-14(17)18-4/h6-8H,5,9H2,1-4H3. The van der Waals surface area contributed by atoms with E-state index in [-0.39, 0.29) is 12.3 Å². The third kappa shape index (κ3) is 3.98. The zero-order valence-corrected chi connectivity index (χ0v) is 11.7. The Morgan fingerprint density at radius 2 is 2.00 bits per heavy atom. The van der Waals surface area contributed by atoms with Crippen LogP contribution in [0.25, 0.3) is 0 Å². The van der Waals surface area contributed by atoms with Crippen molar-refractivity contribution in [1.82, 2.24) is 0 Å². The zero-order valence-electron chi connectivity index (χ0n) is 11.7. The lowest BCUT2D eigenvalue weighted by molar-refractivity contribution is -0.143. The van der Waals surface area contributed by atoms with Crippen LogP contribution in [0.3, 0.4) is 0 Å². The SMILES string of the molecule is CCOc1ccc(N(C)C(=O)CC(=O)OC)cc1C. The van der Waals surface area contributed by atoms with Crippen molar-refractivity contribution in [2.24, 2.45) is 0 Å². The van der Waals surface area contributed by atoms with E-state index >= 15 is 0 Å². The maximum absolute atomic E-state index is 11.8. The van der Waals surface area contributed by atoms with Gasteiger partial charge in [-0.05, 0) is 37.6 Å². The van der Waals surface area contributed by atoms with Gasteiger partial charge in [0.15, 0.2) is 0 Å². The number of hydrogen-bond acceptors (Lipinski definition) is 4. The van der Waals surface area contributed by atoms with Gasteiger partial charge in [-0.15, -0.1) is 0 Å². The summed E-state index contributed by atoms with van der Waals surface area (Å²) in [6.45, 7) is 4.42. The minimum Gasteiger partial charge on any atom is -0.494 e. The highest BCUT2D eigenvalue weighted by Gasteiger charge is 2.16. The lowest BCUT2D eigenvalue weighted by atomic mass is 10.2. The van der Waals surface area contributed by atoms with E-state index in [2.05, 4.69) is 4.74 Å². The Labute approximate surface area is 113 Å². The fraction of sp³-hybridized carbons (Fsp3) is 0.429. The molecular weight excluding hydrogens is 246 g/mol. The van der Waals surface area contributed by atoms with Gasteiger partial charge in [0.25, 0.3) is 0 Å². The third-order valence-electron chi connectivity index (χ3n) is 2.74. The maximum atomic E-state index is 11.8. The van der Waals surface area contributed by atoms with Crippen molar-refractivity contribution in [3.05, 3.63) is 23.8 Å². The predicted octanol–water partition coefficient (Wildman–Crippen LogP) is 1.92. The van der Waals surface area contributed by atoms with Gasteiger partial charge in [-0.1, -0.05) is 0 Å². The molecule has 0 aliphatic carbocycles. The average Bonchev–Trinajstić information content (AvgIpc) is 2.40. The molecule has 0 radical (unpaired) electrons. The molecule has 0 aliphatic rings. The van der Waals surface area contributed by atoms with Gasteiger partial charge in [0.2, 0.25) is 5.91 Å². The zero-order chi connectivity index (χ0) is 14.4. The Morgan fingerprint density at radius 3 is 2.53 bits per heavy atom. The molecule has 0 bridgehead atoms. The quantitative estimate of drug-likeness (QED) is 0.603. The summed E-state index contributed by atoms with van der Waals surface area (Å²) in [7, 11) is 2.89. The smallest absolute Gasteiger partial charge is 0.315 e. The summed E-state index contributed by atoms with van der Waals surface area (Å²) < 4.78 is 9.91. The fourth-order valence-corrected chi connectivity index (χ4v) is 1.62. The van der Waals surface area contributed by atoms with Crippen molar-refractivity contribution < 1.29 is 19.1 Å². The highest BCUT2D eigenvalue weighted by atomic mass is 16.5. The number of carbonyl (C=O) groups excluding carboxylic acids is 2. The van der Waals surface area contributed by atoms with Crippen LogP contribution in [0.15, 0.2) is 18.2 Å². The van der Waals surface area contributed by atoms with Gasteiger partial charge < -0.3 is 14.4 Å². The molecule has 0 unspecified atom stereocenters. The summed E-state index contributed by atoms with van der Waals surface area (Å²) in [6.07, 6.45) is -0.265. The largest absolute Gasteiger partial charge is 0.494 e. The van der Waals surface area contributed by atoms with Crippen LogP contribution in [0.5, 0.6) is 5.75 Å². The van der Waals surface area contributed by atoms with Crippen LogP contribution < -0.4 is 9.64 Å². The molecule has 5 heteroatoms. The van der Waals surface area contributed by atoms with E-state index in [1.54, 1.807) is 13.1 Å². The molecule has 0 spiro atoms. The Hall–Kier alpha value is -2.04. The van der Waals surface area contributed by atoms with Crippen LogP contribution in [0.2, 0.25) is 0 Å². The Bertz CT molecular complexity index is 471. The number of nitrogens with zero attached hydrogens (tertiary/aromatic N) is 1. The molecule has 1 rings (SSSR count). The molecule has 1 amide bonds. The minimum absolute atomic E-state index is 0.265. The number of benzene rings is 1. The van der Waals surface area contributed by atoms with Crippen LogP contribution >= 0.6 is 0 Å². The molecule has 0 saturated carbocycles. The van der Waals surface area contributed by atoms with Crippen molar-refractivity contribution in [3.63, 3.8) is 0 Å². The molecule has 0 fully saturated rings. The van der Waals surface area contributed by atoms with Gasteiger partial charge in [0, 0.05) is 12.7 Å². The third-order valence-corrected chi connectivity index (χ3v) is 2.74. The molecule has 0 saturated heterocycles. The van der Waals surface area contributed by atoms with E-state index in [0.717, 1.165) is 17.0 Å². The fourth-order valence-electron chi connectivity index (χ4n) is 1.62. The predicted molar refractivity (Wildman–Crippen MR) is 72.4 cm³/mol. The van der Waals surface area contributed by atoms with Gasteiger partial charge in [-0.3, -0.25) is 9.59 Å². The van der Waals surface area contributed by atoms with Gasteiger partial charge >= 0.3 is 5.97 Å². The Balaban J connectivity index is 2.82. The Morgan fingerprint density at radius 1 is 1.32 bits per heavy atom. The lowest BCUT2D eigenvalue weighted by Gasteiger charge is -2.18. The lowest BCUT2D eigenvalue weighted by Crippen LogP contribution is -2.28. The molecule has 0 heterocycles. The second-order valence-electron chi connectivity index (χ2n) is 4.09. The minimum atomic E-state index is -0.542. The van der Waals surface area contributed by atoms with Crippen molar-refractivity contribution in [2.45, 2.75) is 20.3 Å². The maximum Gasteiger partial charge on any atom is 0.315 e. The second-order valence-corrected chi connectivity index (χ2v) is 4.09. The van der Waals surface area contributed by atoms with Crippen molar-refractivity contribution in [2.75, 3.05) is 25.7 Å². The summed E-state index contributed by atoms with van der Waals surface area (Å²) in [4.78, 5) is 24.3. The number of methoxy groups -OCH3 is 1. The number of ether oxygens (including phenoxy) is 2. The van der Waals surface area contributed by atoms with Crippen LogP contribution in [-0.2, 0) is 14.3 Å². The average molecular weight is 265 g/mol. The number of carbonyl (C=O) groups is 2. The summed E-state index contributed by atoms with van der Waals surface area (Å²) in [5, 5.41) is 0. The van der Waals surface area contributed by atoms with E-state index in [9.17, 15) is 9.59 Å². The van der Waals surface area contributed by atoms with Crippen molar-refractivity contribution in [1.29, 1.82) is 0 Å². The number of amides is 1. The van der Waals surface area contributed by atoms with E-state index in [1.807, 2.05) is 26.0 Å². The highest BCUT2D eigenvalue weighted by molar-refractivity contribution is 6.03. The summed E-state index contributed by atoms with van der Waals surface area (Å²) in [6, 6.07) is 5.45. The Kier molecular flexibility index (Phi) is 5.36. The molecule has 0 aromatic heterocycles. The molecule has 19 heavy (non-hydrogen) atoms. The van der Waals surface area contributed by atoms with E-state index in [4.69, 9.17) is 4.74 Å². The van der Waals surface area contributed by atoms with Crippen molar-refractivity contribution in [3.8, 4) is 5.75 Å². The molecule has 0 atom stereocenters. The van der Waals surface area contributed by atoms with Crippen LogP contribution in [-0.4, -0.2) is 32.6 Å². The van der Waals surface area contributed by atoms with E-state index in [1.165, 1.54) is 12.0 Å². The van der Waals surface area contributed by atoms with Gasteiger partial charge in [-0.2, -0.15) is 0 Å². The molecule has 5 nitrogen and oxygen atoms in total. The van der Waals surface area contributed by atoms with E-state index in [0.29, 0.717) is 6.61 Å². The van der Waals surface area contributed by atoms with Gasteiger partial charge in [0.05, 0.1) is 13.7 Å². The number of anilines is 1. The number of aryl methyl sites for hydroxylation is 1. The summed E-state index contributed by atoms with van der Waals surface area (Å²) in [5.74, 6) is -0.0602. The number of hydrogen-bond donors (Lipinski definition) is 0. The van der Waals surface area contributed by atoms with Gasteiger partial charge in [0.1, 0.15) is 12.2 Å². The molecule has 0 aliphatic heterocycles. The second kappa shape index (κ2) is 6.78. The monoisotopic (exact) mass is 265 g/mol. The molecule has 0 N–H and O–H groups in total. The summed E-state index contributed by atoms with van der Waals surface area (Å²) in [5.41, 5.74) is 1.66. The molecular formula is C14H19NO4. The topological polar surface area (TPSA) is 55.8 Å². The number of esters is 1. The molecule has 104 valence electrons. The first-order chi connectivity index (χ1) is 8.99. The first-order valence-electron chi connectivity index (χ1n) is 6.06. The molecule has 1 aromatic rings. The van der Waals surface area contributed by atoms with E-state index < -0.39 is 5.97 Å². The number of rotatable bonds is 5. The van der Waals surface area contributed by atoms with Crippen LogP contribution in [0.1, 0.15) is 18.9 Å². The summed E-state index contributed by atoms with van der Waals surface area (Å²) >= 11 is 0. The normalized spacial score (nSPS) is 9.89.